The molecule has 3 N–H and O–H groups in total. The maximum atomic E-state index is 12.3. The SMILES string of the molecule is C[C@H](N)C(=O)Nc1ccc(-c2noc(C(F)(F)F)n2)cc1. The van der Waals surface area contributed by atoms with Crippen LogP contribution in [0.3, 0.4) is 0 Å². The molecule has 9 heteroatoms. The largest absolute Gasteiger partial charge is 0.471 e. The van der Waals surface area contributed by atoms with E-state index in [0.29, 0.717) is 11.3 Å². The Kier molecular flexibility index (Phi) is 3.94. The fraction of sp³-hybridized carbons (Fsp3) is 0.250. The van der Waals surface area contributed by atoms with Gasteiger partial charge in [0.05, 0.1) is 6.04 Å². The van der Waals surface area contributed by atoms with Gasteiger partial charge in [0.1, 0.15) is 0 Å². The van der Waals surface area contributed by atoms with Gasteiger partial charge in [-0.15, -0.1) is 0 Å². The van der Waals surface area contributed by atoms with E-state index in [1.54, 1.807) is 0 Å². The van der Waals surface area contributed by atoms with Crippen LogP contribution < -0.4 is 11.1 Å². The molecule has 1 heterocycles. The number of carbonyl (C=O) groups excluding carboxylic acids is 1. The van der Waals surface area contributed by atoms with E-state index in [9.17, 15) is 18.0 Å². The summed E-state index contributed by atoms with van der Waals surface area (Å²) in [5.41, 5.74) is 6.18. The van der Waals surface area contributed by atoms with E-state index < -0.39 is 18.1 Å². The molecule has 1 atom stereocenters. The van der Waals surface area contributed by atoms with Gasteiger partial charge in [0.25, 0.3) is 0 Å². The van der Waals surface area contributed by atoms with Gasteiger partial charge < -0.3 is 15.6 Å². The number of hydrogen-bond acceptors (Lipinski definition) is 5. The first-order valence-corrected chi connectivity index (χ1v) is 5.85. The Balaban J connectivity index is 2.16. The molecule has 21 heavy (non-hydrogen) atoms. The van der Waals surface area contributed by atoms with Gasteiger partial charge in [0, 0.05) is 11.3 Å². The van der Waals surface area contributed by atoms with Crippen molar-refractivity contribution in [2.75, 3.05) is 5.32 Å². The van der Waals surface area contributed by atoms with Gasteiger partial charge >= 0.3 is 12.1 Å². The number of anilines is 1. The van der Waals surface area contributed by atoms with Gasteiger partial charge in [0.2, 0.25) is 11.7 Å². The molecule has 0 aliphatic heterocycles. The summed E-state index contributed by atoms with van der Waals surface area (Å²) in [5, 5.41) is 5.80. The second-order valence-electron chi connectivity index (χ2n) is 4.28. The van der Waals surface area contributed by atoms with Crippen LogP contribution in [0.15, 0.2) is 28.8 Å². The van der Waals surface area contributed by atoms with Gasteiger partial charge in [-0.1, -0.05) is 5.16 Å². The lowest BCUT2D eigenvalue weighted by Crippen LogP contribution is -2.32. The molecule has 0 aliphatic carbocycles. The van der Waals surface area contributed by atoms with Crippen LogP contribution in [0, 0.1) is 0 Å². The average molecular weight is 300 g/mol. The summed E-state index contributed by atoms with van der Waals surface area (Å²) in [6, 6.07) is 5.25. The quantitative estimate of drug-likeness (QED) is 0.904. The van der Waals surface area contributed by atoms with Crippen molar-refractivity contribution in [2.24, 2.45) is 5.73 Å². The molecule has 2 aromatic rings. The second-order valence-corrected chi connectivity index (χ2v) is 4.28. The number of alkyl halides is 3. The topological polar surface area (TPSA) is 94.0 Å². The number of rotatable bonds is 3. The molecule has 6 nitrogen and oxygen atoms in total. The first kappa shape index (κ1) is 15.0. The van der Waals surface area contributed by atoms with Crippen LogP contribution in [0.4, 0.5) is 18.9 Å². The van der Waals surface area contributed by atoms with Crippen LogP contribution in [0.5, 0.6) is 0 Å². The molecule has 0 saturated carbocycles. The van der Waals surface area contributed by atoms with E-state index >= 15 is 0 Å². The minimum atomic E-state index is -4.68. The minimum Gasteiger partial charge on any atom is -0.329 e. The predicted octanol–water partition coefficient (Wildman–Crippen LogP) is 2.04. The zero-order chi connectivity index (χ0) is 15.6. The molecule has 0 aliphatic rings. The summed E-state index contributed by atoms with van der Waals surface area (Å²) in [5.74, 6) is -1.97. The monoisotopic (exact) mass is 300 g/mol. The highest BCUT2D eigenvalue weighted by atomic mass is 19.4. The number of nitrogens with two attached hydrogens (primary N) is 1. The van der Waals surface area contributed by atoms with E-state index in [1.807, 2.05) is 0 Å². The van der Waals surface area contributed by atoms with Crippen molar-refractivity contribution in [2.45, 2.75) is 19.1 Å². The third-order valence-corrected chi connectivity index (χ3v) is 2.49. The normalized spacial score (nSPS) is 13.0. The van der Waals surface area contributed by atoms with Crippen molar-refractivity contribution < 1.29 is 22.5 Å². The molecule has 0 spiro atoms. The van der Waals surface area contributed by atoms with Crippen LogP contribution in [-0.4, -0.2) is 22.1 Å². The van der Waals surface area contributed by atoms with Crippen molar-refractivity contribution >= 4 is 11.6 Å². The van der Waals surface area contributed by atoms with Crippen molar-refractivity contribution in [3.8, 4) is 11.4 Å². The molecule has 1 aromatic heterocycles. The van der Waals surface area contributed by atoms with Gasteiger partial charge in [0.15, 0.2) is 0 Å². The Labute approximate surface area is 117 Å². The number of amides is 1. The van der Waals surface area contributed by atoms with Crippen molar-refractivity contribution in [1.82, 2.24) is 10.1 Å². The number of nitrogens with one attached hydrogen (secondary N) is 1. The highest BCUT2D eigenvalue weighted by Gasteiger charge is 2.38. The Bertz CT molecular complexity index is 635. The van der Waals surface area contributed by atoms with E-state index in [4.69, 9.17) is 5.73 Å². The number of hydrogen-bond donors (Lipinski definition) is 2. The summed E-state index contributed by atoms with van der Waals surface area (Å²) in [7, 11) is 0. The summed E-state index contributed by atoms with van der Waals surface area (Å²) in [6.45, 7) is 1.53. The van der Waals surface area contributed by atoms with Crippen LogP contribution in [0.25, 0.3) is 11.4 Å². The number of carbonyl (C=O) groups is 1. The molecule has 0 fully saturated rings. The third-order valence-electron chi connectivity index (χ3n) is 2.49. The van der Waals surface area contributed by atoms with Gasteiger partial charge in [-0.2, -0.15) is 18.2 Å². The molecule has 0 radical (unpaired) electrons. The van der Waals surface area contributed by atoms with Gasteiger partial charge in [-0.25, -0.2) is 0 Å². The zero-order valence-corrected chi connectivity index (χ0v) is 10.8. The highest BCUT2D eigenvalue weighted by Crippen LogP contribution is 2.29. The fourth-order valence-corrected chi connectivity index (χ4v) is 1.41. The first-order chi connectivity index (χ1) is 9.77. The van der Waals surface area contributed by atoms with Crippen molar-refractivity contribution in [3.63, 3.8) is 0 Å². The van der Waals surface area contributed by atoms with E-state index in [0.717, 1.165) is 0 Å². The van der Waals surface area contributed by atoms with Crippen molar-refractivity contribution in [3.05, 3.63) is 30.2 Å². The number of aromatic nitrogens is 2. The molecule has 0 bridgehead atoms. The van der Waals surface area contributed by atoms with Crippen LogP contribution in [0.2, 0.25) is 0 Å². The van der Waals surface area contributed by atoms with E-state index in [2.05, 4.69) is 20.0 Å². The van der Waals surface area contributed by atoms with Crippen LogP contribution in [-0.2, 0) is 11.0 Å². The number of benzene rings is 1. The molecular weight excluding hydrogens is 289 g/mol. The first-order valence-electron chi connectivity index (χ1n) is 5.85. The molecule has 112 valence electrons. The second kappa shape index (κ2) is 5.52. The molecule has 0 unspecified atom stereocenters. The Morgan fingerprint density at radius 3 is 2.43 bits per heavy atom. The summed E-state index contributed by atoms with van der Waals surface area (Å²) < 4.78 is 41.2. The average Bonchev–Trinajstić information content (AvgIpc) is 2.89. The lowest BCUT2D eigenvalue weighted by molar-refractivity contribution is -0.159. The van der Waals surface area contributed by atoms with E-state index in [1.165, 1.54) is 31.2 Å². The maximum absolute atomic E-state index is 12.3. The van der Waals surface area contributed by atoms with Gasteiger partial charge in [-0.3, -0.25) is 4.79 Å². The lowest BCUT2D eigenvalue weighted by Gasteiger charge is -2.07. The minimum absolute atomic E-state index is 0.188. The zero-order valence-electron chi connectivity index (χ0n) is 10.8. The molecule has 0 saturated heterocycles. The fourth-order valence-electron chi connectivity index (χ4n) is 1.41. The Hall–Kier alpha value is -2.42. The summed E-state index contributed by atoms with van der Waals surface area (Å²) in [6.07, 6.45) is -4.68. The van der Waals surface area contributed by atoms with Gasteiger partial charge in [-0.05, 0) is 31.2 Å². The maximum Gasteiger partial charge on any atom is 0.471 e. The summed E-state index contributed by atoms with van der Waals surface area (Å²) in [4.78, 5) is 14.6. The van der Waals surface area contributed by atoms with Crippen LogP contribution in [0.1, 0.15) is 12.8 Å². The Morgan fingerprint density at radius 1 is 1.33 bits per heavy atom. The van der Waals surface area contributed by atoms with E-state index in [-0.39, 0.29) is 11.7 Å². The Morgan fingerprint density at radius 2 is 1.95 bits per heavy atom. The third kappa shape index (κ3) is 3.57. The molecule has 1 amide bonds. The van der Waals surface area contributed by atoms with Crippen LogP contribution >= 0.6 is 0 Å². The molecular formula is C12H11F3N4O2. The predicted molar refractivity (Wildman–Crippen MR) is 67.0 cm³/mol. The smallest absolute Gasteiger partial charge is 0.329 e. The summed E-state index contributed by atoms with van der Waals surface area (Å²) >= 11 is 0. The molecule has 1 aromatic carbocycles. The number of nitrogens with zero attached hydrogens (tertiary/aromatic N) is 2. The molecule has 2 rings (SSSR count). The lowest BCUT2D eigenvalue weighted by atomic mass is 10.2. The van der Waals surface area contributed by atoms with Crippen molar-refractivity contribution in [1.29, 1.82) is 0 Å². The number of halogens is 3. The standard InChI is InChI=1S/C12H11F3N4O2/c1-6(16)10(20)17-8-4-2-7(3-5-8)9-18-11(21-19-9)12(13,14)15/h2-6H,16H2,1H3,(H,17,20)/t6-/m0/s1. The highest BCUT2D eigenvalue weighted by molar-refractivity contribution is 5.94.